The van der Waals surface area contributed by atoms with E-state index in [4.69, 9.17) is 0 Å². The molecule has 1 aliphatic heterocycles. The molecule has 2 aromatic carbocycles. The van der Waals surface area contributed by atoms with Gasteiger partial charge in [-0.05, 0) is 55.3 Å². The molecule has 0 saturated carbocycles. The van der Waals surface area contributed by atoms with Crippen LogP contribution in [0.2, 0.25) is 0 Å². The van der Waals surface area contributed by atoms with Crippen molar-refractivity contribution in [1.29, 1.82) is 0 Å². The van der Waals surface area contributed by atoms with E-state index in [9.17, 15) is 0 Å². The average molecular weight is 332 g/mol. The first kappa shape index (κ1) is 15.9. The van der Waals surface area contributed by atoms with Gasteiger partial charge in [-0.25, -0.2) is 4.68 Å². The predicted octanol–water partition coefficient (Wildman–Crippen LogP) is 3.95. The fourth-order valence-corrected chi connectivity index (χ4v) is 3.56. The van der Waals surface area contributed by atoms with Gasteiger partial charge in [0, 0.05) is 37.2 Å². The van der Waals surface area contributed by atoms with E-state index in [1.807, 2.05) is 23.1 Å². The summed E-state index contributed by atoms with van der Waals surface area (Å²) in [6, 6.07) is 21.7. The molecular formula is C21H24N4. The van der Waals surface area contributed by atoms with Gasteiger partial charge in [0.15, 0.2) is 0 Å². The van der Waals surface area contributed by atoms with Crippen molar-refractivity contribution in [2.75, 3.05) is 18.4 Å². The first-order chi connectivity index (χ1) is 12.4. The Kier molecular flexibility index (Phi) is 4.79. The van der Waals surface area contributed by atoms with E-state index in [-0.39, 0.29) is 0 Å². The van der Waals surface area contributed by atoms with Gasteiger partial charge in [0.2, 0.25) is 0 Å². The van der Waals surface area contributed by atoms with Gasteiger partial charge in [-0.1, -0.05) is 30.3 Å². The summed E-state index contributed by atoms with van der Waals surface area (Å²) < 4.78 is 1.92. The van der Waals surface area contributed by atoms with Crippen LogP contribution in [-0.4, -0.2) is 33.8 Å². The number of para-hydroxylation sites is 1. The summed E-state index contributed by atoms with van der Waals surface area (Å²) >= 11 is 0. The maximum absolute atomic E-state index is 4.33. The zero-order valence-electron chi connectivity index (χ0n) is 14.4. The molecule has 3 aromatic rings. The second-order valence-corrected chi connectivity index (χ2v) is 6.71. The molecule has 1 aromatic heterocycles. The Morgan fingerprint density at radius 1 is 1.04 bits per heavy atom. The van der Waals surface area contributed by atoms with Crippen molar-refractivity contribution in [3.63, 3.8) is 0 Å². The Morgan fingerprint density at radius 2 is 1.96 bits per heavy atom. The maximum atomic E-state index is 4.33. The topological polar surface area (TPSA) is 33.1 Å². The molecule has 1 atom stereocenters. The number of nitrogens with one attached hydrogen (secondary N) is 1. The maximum Gasteiger partial charge on any atom is 0.0648 e. The van der Waals surface area contributed by atoms with E-state index >= 15 is 0 Å². The largest absolute Gasteiger partial charge is 0.381 e. The number of benzene rings is 2. The minimum Gasteiger partial charge on any atom is -0.381 e. The molecule has 4 rings (SSSR count). The quantitative estimate of drug-likeness (QED) is 0.768. The van der Waals surface area contributed by atoms with Crippen LogP contribution in [0.15, 0.2) is 73.1 Å². The highest BCUT2D eigenvalue weighted by Gasteiger charge is 2.19. The van der Waals surface area contributed by atoms with Crippen molar-refractivity contribution in [3.05, 3.63) is 78.6 Å². The monoisotopic (exact) mass is 332 g/mol. The second-order valence-electron chi connectivity index (χ2n) is 6.71. The Balaban J connectivity index is 1.40. The fourth-order valence-electron chi connectivity index (χ4n) is 3.56. The lowest BCUT2D eigenvalue weighted by Crippen LogP contribution is -2.41. The van der Waals surface area contributed by atoms with Crippen molar-refractivity contribution in [2.24, 2.45) is 0 Å². The zero-order valence-corrected chi connectivity index (χ0v) is 14.4. The summed E-state index contributed by atoms with van der Waals surface area (Å²) in [6.45, 7) is 3.24. The molecule has 0 aliphatic carbocycles. The van der Waals surface area contributed by atoms with Gasteiger partial charge in [-0.15, -0.1) is 0 Å². The third-order valence-corrected chi connectivity index (χ3v) is 4.74. The number of rotatable bonds is 5. The molecule has 0 amide bonds. The Morgan fingerprint density at radius 3 is 2.80 bits per heavy atom. The highest BCUT2D eigenvalue weighted by Crippen LogP contribution is 2.19. The number of piperidine rings is 1. The summed E-state index contributed by atoms with van der Waals surface area (Å²) in [4.78, 5) is 2.55. The van der Waals surface area contributed by atoms with Gasteiger partial charge in [0.1, 0.15) is 0 Å². The summed E-state index contributed by atoms with van der Waals surface area (Å²) in [5.41, 5.74) is 3.68. The van der Waals surface area contributed by atoms with Crippen LogP contribution in [0.3, 0.4) is 0 Å². The molecule has 0 bridgehead atoms. The Bertz CT molecular complexity index is 783. The zero-order chi connectivity index (χ0) is 16.9. The number of nitrogens with zero attached hydrogens (tertiary/aromatic N) is 3. The molecule has 2 heterocycles. The van der Waals surface area contributed by atoms with E-state index in [1.54, 1.807) is 0 Å². The van der Waals surface area contributed by atoms with Crippen LogP contribution in [0.25, 0.3) is 5.69 Å². The Hall–Kier alpha value is -2.59. The molecule has 0 spiro atoms. The SMILES string of the molecule is c1ccc(NC2CCCN(Cc3cccc(-n4cccn4)c3)C2)cc1. The van der Waals surface area contributed by atoms with Crippen LogP contribution in [0.5, 0.6) is 0 Å². The van der Waals surface area contributed by atoms with Crippen LogP contribution >= 0.6 is 0 Å². The van der Waals surface area contributed by atoms with Gasteiger partial charge in [-0.3, -0.25) is 4.90 Å². The molecule has 1 saturated heterocycles. The third kappa shape index (κ3) is 4.09. The summed E-state index contributed by atoms with van der Waals surface area (Å²) in [6.07, 6.45) is 6.28. The number of likely N-dealkylation sites (tertiary alicyclic amines) is 1. The smallest absolute Gasteiger partial charge is 0.0648 e. The molecular weight excluding hydrogens is 308 g/mol. The third-order valence-electron chi connectivity index (χ3n) is 4.74. The number of hydrogen-bond acceptors (Lipinski definition) is 3. The van der Waals surface area contributed by atoms with Crippen molar-refractivity contribution in [3.8, 4) is 5.69 Å². The summed E-state index contributed by atoms with van der Waals surface area (Å²) in [5.74, 6) is 0. The molecule has 4 heteroatoms. The molecule has 4 nitrogen and oxygen atoms in total. The van der Waals surface area contributed by atoms with E-state index in [0.717, 1.165) is 18.8 Å². The van der Waals surface area contributed by atoms with Gasteiger partial charge < -0.3 is 5.32 Å². The van der Waals surface area contributed by atoms with E-state index < -0.39 is 0 Å². The van der Waals surface area contributed by atoms with Crippen LogP contribution in [0.1, 0.15) is 18.4 Å². The summed E-state index contributed by atoms with van der Waals surface area (Å²) in [7, 11) is 0. The number of hydrogen-bond donors (Lipinski definition) is 1. The molecule has 1 unspecified atom stereocenters. The van der Waals surface area contributed by atoms with Gasteiger partial charge in [0.25, 0.3) is 0 Å². The molecule has 0 radical (unpaired) electrons. The van der Waals surface area contributed by atoms with Crippen LogP contribution < -0.4 is 5.32 Å². The van der Waals surface area contributed by atoms with Crippen LogP contribution in [0.4, 0.5) is 5.69 Å². The van der Waals surface area contributed by atoms with Gasteiger partial charge in [0.05, 0.1) is 5.69 Å². The van der Waals surface area contributed by atoms with Crippen molar-refractivity contribution in [1.82, 2.24) is 14.7 Å². The van der Waals surface area contributed by atoms with Crippen molar-refractivity contribution < 1.29 is 0 Å². The molecule has 25 heavy (non-hydrogen) atoms. The highest BCUT2D eigenvalue weighted by atomic mass is 15.3. The number of aromatic nitrogens is 2. The second kappa shape index (κ2) is 7.53. The highest BCUT2D eigenvalue weighted by molar-refractivity contribution is 5.43. The first-order valence-corrected chi connectivity index (χ1v) is 9.00. The van der Waals surface area contributed by atoms with Crippen molar-refractivity contribution >= 4 is 5.69 Å². The number of anilines is 1. The normalized spacial score (nSPS) is 18.2. The van der Waals surface area contributed by atoms with Crippen LogP contribution in [-0.2, 0) is 6.54 Å². The molecule has 128 valence electrons. The van der Waals surface area contributed by atoms with Gasteiger partial charge >= 0.3 is 0 Å². The van der Waals surface area contributed by atoms with Gasteiger partial charge in [-0.2, -0.15) is 5.10 Å². The molecule has 1 aliphatic rings. The van der Waals surface area contributed by atoms with E-state index in [0.29, 0.717) is 6.04 Å². The van der Waals surface area contributed by atoms with Crippen molar-refractivity contribution in [2.45, 2.75) is 25.4 Å². The standard InChI is InChI=1S/C21H24N4/c1-2-8-19(9-3-1)23-20-10-5-13-24(17-20)16-18-7-4-11-21(15-18)25-14-6-12-22-25/h1-4,6-9,11-12,14-15,20,23H,5,10,13,16-17H2. The van der Waals surface area contributed by atoms with E-state index in [2.05, 4.69) is 69.9 Å². The lowest BCUT2D eigenvalue weighted by atomic mass is 10.0. The average Bonchev–Trinajstić information content (AvgIpc) is 3.18. The fraction of sp³-hybridized carbons (Fsp3) is 0.286. The minimum absolute atomic E-state index is 0.519. The predicted molar refractivity (Wildman–Crippen MR) is 102 cm³/mol. The Labute approximate surface area is 149 Å². The molecule has 1 fully saturated rings. The summed E-state index contributed by atoms with van der Waals surface area (Å²) in [5, 5.41) is 8.00. The lowest BCUT2D eigenvalue weighted by molar-refractivity contribution is 0.208. The first-order valence-electron chi connectivity index (χ1n) is 9.00. The minimum atomic E-state index is 0.519. The van der Waals surface area contributed by atoms with Crippen LogP contribution in [0, 0.1) is 0 Å². The lowest BCUT2D eigenvalue weighted by Gasteiger charge is -2.33. The van der Waals surface area contributed by atoms with E-state index in [1.165, 1.54) is 30.6 Å². The molecule has 1 N–H and O–H groups in total.